The van der Waals surface area contributed by atoms with Crippen molar-refractivity contribution in [3.63, 3.8) is 0 Å². The molecule has 2 aromatic carbocycles. The Morgan fingerprint density at radius 2 is 1.54 bits per heavy atom. The zero-order valence-electron chi connectivity index (χ0n) is 14.6. The van der Waals surface area contributed by atoms with Gasteiger partial charge in [0, 0.05) is 16.3 Å². The van der Waals surface area contributed by atoms with E-state index in [0.717, 1.165) is 15.6 Å². The molecule has 134 valence electrons. The number of hydrogen-bond acceptors (Lipinski definition) is 5. The van der Waals surface area contributed by atoms with Crippen LogP contribution in [0.3, 0.4) is 0 Å². The van der Waals surface area contributed by atoms with Crippen molar-refractivity contribution in [3.8, 4) is 11.5 Å². The molecule has 1 heterocycles. The number of nitrogens with one attached hydrogen (secondary N) is 2. The fourth-order valence-electron chi connectivity index (χ4n) is 2.57. The molecular formula is C19H18N2O4S. The van der Waals surface area contributed by atoms with Crippen LogP contribution in [0.15, 0.2) is 42.5 Å². The van der Waals surface area contributed by atoms with E-state index in [1.165, 1.54) is 25.6 Å². The third-order valence-electron chi connectivity index (χ3n) is 3.95. The molecule has 3 aromatic rings. The summed E-state index contributed by atoms with van der Waals surface area (Å²) in [7, 11) is 3.00. The van der Waals surface area contributed by atoms with Crippen LogP contribution in [0.1, 0.15) is 25.6 Å². The Morgan fingerprint density at radius 3 is 2.15 bits per heavy atom. The summed E-state index contributed by atoms with van der Waals surface area (Å²) in [4.78, 5) is 25.4. The van der Waals surface area contributed by atoms with E-state index in [1.807, 2.05) is 31.2 Å². The van der Waals surface area contributed by atoms with E-state index in [9.17, 15) is 9.59 Å². The van der Waals surface area contributed by atoms with Crippen molar-refractivity contribution in [1.29, 1.82) is 0 Å². The predicted octanol–water partition coefficient (Wildman–Crippen LogP) is 3.30. The standard InChI is InChI=1S/C19H18N2O4S/c1-11-15-6-4-5-7-16(15)26-17(11)19(23)21-20-18(22)12-8-13(24-2)10-14(9-12)25-3/h4-10H,1-3H3,(H,20,22)(H,21,23). The Hall–Kier alpha value is -3.06. The summed E-state index contributed by atoms with van der Waals surface area (Å²) in [5.74, 6) is 0.156. The number of carbonyl (C=O) groups is 2. The summed E-state index contributed by atoms with van der Waals surface area (Å²) in [6.07, 6.45) is 0. The largest absolute Gasteiger partial charge is 0.497 e. The molecule has 0 atom stereocenters. The molecule has 26 heavy (non-hydrogen) atoms. The number of benzene rings is 2. The smallest absolute Gasteiger partial charge is 0.280 e. The highest BCUT2D eigenvalue weighted by Crippen LogP contribution is 2.30. The number of aryl methyl sites for hydroxylation is 1. The van der Waals surface area contributed by atoms with Gasteiger partial charge in [0.1, 0.15) is 11.5 Å². The second-order valence-corrected chi connectivity index (χ2v) is 6.61. The summed E-state index contributed by atoms with van der Waals surface area (Å²) in [5, 5.41) is 1.03. The lowest BCUT2D eigenvalue weighted by molar-refractivity contribution is 0.0848. The molecule has 0 spiro atoms. The van der Waals surface area contributed by atoms with Gasteiger partial charge in [0.15, 0.2) is 0 Å². The third kappa shape index (κ3) is 3.48. The summed E-state index contributed by atoms with van der Waals surface area (Å²) >= 11 is 1.39. The maximum absolute atomic E-state index is 12.5. The third-order valence-corrected chi connectivity index (χ3v) is 5.22. The van der Waals surface area contributed by atoms with Gasteiger partial charge in [-0.3, -0.25) is 20.4 Å². The molecule has 0 aliphatic carbocycles. The maximum atomic E-state index is 12.5. The normalized spacial score (nSPS) is 10.4. The number of amides is 2. The maximum Gasteiger partial charge on any atom is 0.280 e. The lowest BCUT2D eigenvalue weighted by atomic mass is 10.1. The van der Waals surface area contributed by atoms with Crippen molar-refractivity contribution < 1.29 is 19.1 Å². The van der Waals surface area contributed by atoms with E-state index in [1.54, 1.807) is 18.2 Å². The molecule has 1 aromatic heterocycles. The first-order valence-corrected chi connectivity index (χ1v) is 8.67. The highest BCUT2D eigenvalue weighted by atomic mass is 32.1. The van der Waals surface area contributed by atoms with Crippen molar-refractivity contribution in [1.82, 2.24) is 10.9 Å². The Bertz CT molecular complexity index is 959. The van der Waals surface area contributed by atoms with Gasteiger partial charge in [0.25, 0.3) is 11.8 Å². The summed E-state index contributed by atoms with van der Waals surface area (Å²) < 4.78 is 11.3. The first kappa shape index (κ1) is 17.8. The fraction of sp³-hybridized carbons (Fsp3) is 0.158. The molecule has 0 unspecified atom stereocenters. The zero-order valence-corrected chi connectivity index (χ0v) is 15.4. The molecule has 2 amide bonds. The summed E-state index contributed by atoms with van der Waals surface area (Å²) in [6.45, 7) is 1.89. The number of ether oxygens (including phenoxy) is 2. The van der Waals surface area contributed by atoms with Crippen LogP contribution in [0.4, 0.5) is 0 Å². The lowest BCUT2D eigenvalue weighted by Gasteiger charge is -2.10. The molecule has 0 aliphatic heterocycles. The van der Waals surface area contributed by atoms with Crippen LogP contribution in [0, 0.1) is 6.92 Å². The van der Waals surface area contributed by atoms with Crippen LogP contribution in [-0.2, 0) is 0 Å². The molecule has 0 saturated carbocycles. The van der Waals surface area contributed by atoms with E-state index in [-0.39, 0.29) is 5.91 Å². The second kappa shape index (κ2) is 7.45. The highest BCUT2D eigenvalue weighted by molar-refractivity contribution is 7.21. The number of methoxy groups -OCH3 is 2. The summed E-state index contributed by atoms with van der Waals surface area (Å²) in [5.41, 5.74) is 6.10. The Morgan fingerprint density at radius 1 is 0.923 bits per heavy atom. The molecule has 0 aliphatic rings. The lowest BCUT2D eigenvalue weighted by Crippen LogP contribution is -2.41. The predicted molar refractivity (Wildman–Crippen MR) is 101 cm³/mol. The van der Waals surface area contributed by atoms with Gasteiger partial charge < -0.3 is 9.47 Å². The minimum Gasteiger partial charge on any atom is -0.497 e. The minimum atomic E-state index is -0.464. The minimum absolute atomic E-state index is 0.314. The van der Waals surface area contributed by atoms with E-state index in [2.05, 4.69) is 10.9 Å². The van der Waals surface area contributed by atoms with Gasteiger partial charge in [0.2, 0.25) is 0 Å². The SMILES string of the molecule is COc1cc(OC)cc(C(=O)NNC(=O)c2sc3ccccc3c2C)c1. The van der Waals surface area contributed by atoms with Gasteiger partial charge in [-0.15, -0.1) is 11.3 Å². The van der Waals surface area contributed by atoms with Gasteiger partial charge in [-0.2, -0.15) is 0 Å². The molecule has 7 heteroatoms. The van der Waals surface area contributed by atoms with Crippen molar-refractivity contribution in [3.05, 3.63) is 58.5 Å². The number of hydrogen-bond donors (Lipinski definition) is 2. The monoisotopic (exact) mass is 370 g/mol. The van der Waals surface area contributed by atoms with Crippen LogP contribution in [-0.4, -0.2) is 26.0 Å². The Balaban J connectivity index is 1.74. The fourth-order valence-corrected chi connectivity index (χ4v) is 3.68. The molecule has 0 radical (unpaired) electrons. The van der Waals surface area contributed by atoms with Gasteiger partial charge in [-0.05, 0) is 36.1 Å². The topological polar surface area (TPSA) is 76.7 Å². The van der Waals surface area contributed by atoms with E-state index in [0.29, 0.717) is 21.9 Å². The average molecular weight is 370 g/mol. The molecule has 0 fully saturated rings. The first-order chi connectivity index (χ1) is 12.5. The number of carbonyl (C=O) groups excluding carboxylic acids is 2. The first-order valence-electron chi connectivity index (χ1n) is 7.85. The number of hydrazine groups is 1. The van der Waals surface area contributed by atoms with Gasteiger partial charge >= 0.3 is 0 Å². The van der Waals surface area contributed by atoms with Crippen LogP contribution < -0.4 is 20.3 Å². The molecule has 3 rings (SSSR count). The quantitative estimate of drug-likeness (QED) is 0.691. The van der Waals surface area contributed by atoms with Crippen molar-refractivity contribution >= 4 is 33.2 Å². The van der Waals surface area contributed by atoms with E-state index in [4.69, 9.17) is 9.47 Å². The van der Waals surface area contributed by atoms with E-state index < -0.39 is 5.91 Å². The highest BCUT2D eigenvalue weighted by Gasteiger charge is 2.16. The molecular weight excluding hydrogens is 352 g/mol. The molecule has 0 saturated heterocycles. The van der Waals surface area contributed by atoms with Gasteiger partial charge in [-0.1, -0.05) is 18.2 Å². The zero-order chi connectivity index (χ0) is 18.7. The molecule has 0 bridgehead atoms. The number of thiophene rings is 1. The van der Waals surface area contributed by atoms with Crippen molar-refractivity contribution in [2.45, 2.75) is 6.92 Å². The van der Waals surface area contributed by atoms with Crippen LogP contribution in [0.5, 0.6) is 11.5 Å². The van der Waals surface area contributed by atoms with Crippen molar-refractivity contribution in [2.24, 2.45) is 0 Å². The second-order valence-electron chi connectivity index (χ2n) is 5.56. The number of rotatable bonds is 4. The van der Waals surface area contributed by atoms with Crippen LogP contribution in [0.25, 0.3) is 10.1 Å². The Labute approximate surface area is 154 Å². The van der Waals surface area contributed by atoms with Gasteiger partial charge in [-0.25, -0.2) is 0 Å². The number of fused-ring (bicyclic) bond motifs is 1. The summed E-state index contributed by atoms with van der Waals surface area (Å²) in [6, 6.07) is 12.6. The average Bonchev–Trinajstić information content (AvgIpc) is 3.02. The van der Waals surface area contributed by atoms with Gasteiger partial charge in [0.05, 0.1) is 19.1 Å². The van der Waals surface area contributed by atoms with Crippen molar-refractivity contribution in [2.75, 3.05) is 14.2 Å². The van der Waals surface area contributed by atoms with Crippen LogP contribution >= 0.6 is 11.3 Å². The molecule has 6 nitrogen and oxygen atoms in total. The van der Waals surface area contributed by atoms with Crippen LogP contribution in [0.2, 0.25) is 0 Å². The molecule has 2 N–H and O–H groups in total. The van der Waals surface area contributed by atoms with E-state index >= 15 is 0 Å². The Kier molecular flexibility index (Phi) is 5.09.